The summed E-state index contributed by atoms with van der Waals surface area (Å²) >= 11 is 0. The van der Waals surface area contributed by atoms with Gasteiger partial charge in [-0.1, -0.05) is 19.8 Å². The Kier molecular flexibility index (Phi) is 4.22. The van der Waals surface area contributed by atoms with E-state index in [0.29, 0.717) is 18.2 Å². The smallest absolute Gasteiger partial charge is 0.0730 e. The number of piperidine rings is 1. The molecule has 3 rings (SSSR count). The van der Waals surface area contributed by atoms with Crippen LogP contribution < -0.4 is 5.32 Å². The van der Waals surface area contributed by atoms with Crippen LogP contribution in [0.3, 0.4) is 0 Å². The third-order valence-electron chi connectivity index (χ3n) is 5.21. The Morgan fingerprint density at radius 3 is 2.94 bits per heavy atom. The van der Waals surface area contributed by atoms with E-state index in [2.05, 4.69) is 17.1 Å². The molecule has 3 fully saturated rings. The number of nitrogens with one attached hydrogen (secondary N) is 1. The molecule has 1 saturated carbocycles. The van der Waals surface area contributed by atoms with Crippen molar-refractivity contribution in [3.8, 4) is 0 Å². The van der Waals surface area contributed by atoms with Crippen molar-refractivity contribution in [2.75, 3.05) is 26.2 Å². The van der Waals surface area contributed by atoms with E-state index in [9.17, 15) is 0 Å². The van der Waals surface area contributed by atoms with Gasteiger partial charge < -0.3 is 10.1 Å². The standard InChI is InChI=1S/C15H28N2O/c1-12-5-4-8-16-13(12)11-17-9-10-18-15-7-3-2-6-14(15)17/h12-16H,2-11H2,1H3. The van der Waals surface area contributed by atoms with Crippen molar-refractivity contribution >= 4 is 0 Å². The summed E-state index contributed by atoms with van der Waals surface area (Å²) in [6.07, 6.45) is 8.69. The number of hydrogen-bond donors (Lipinski definition) is 1. The minimum absolute atomic E-state index is 0.534. The first-order chi connectivity index (χ1) is 8.84. The Balaban J connectivity index is 1.60. The second kappa shape index (κ2) is 5.89. The number of nitrogens with zero attached hydrogens (tertiary/aromatic N) is 1. The molecule has 2 aliphatic heterocycles. The lowest BCUT2D eigenvalue weighted by Gasteiger charge is -2.46. The SMILES string of the molecule is CC1CCCNC1CN1CCOC2CCCCC21. The number of ether oxygens (including phenoxy) is 1. The summed E-state index contributed by atoms with van der Waals surface area (Å²) in [6.45, 7) is 6.96. The lowest BCUT2D eigenvalue weighted by molar-refractivity contribution is -0.0920. The van der Waals surface area contributed by atoms with Gasteiger partial charge in [0.25, 0.3) is 0 Å². The van der Waals surface area contributed by atoms with E-state index >= 15 is 0 Å². The van der Waals surface area contributed by atoms with Crippen molar-refractivity contribution in [3.63, 3.8) is 0 Å². The maximum absolute atomic E-state index is 5.97. The highest BCUT2D eigenvalue weighted by atomic mass is 16.5. The zero-order valence-electron chi connectivity index (χ0n) is 11.7. The molecule has 0 aromatic carbocycles. The van der Waals surface area contributed by atoms with Gasteiger partial charge >= 0.3 is 0 Å². The Bertz CT molecular complexity index is 269. The van der Waals surface area contributed by atoms with Crippen LogP contribution in [0.5, 0.6) is 0 Å². The lowest BCUT2D eigenvalue weighted by atomic mass is 9.88. The fraction of sp³-hybridized carbons (Fsp3) is 1.00. The summed E-state index contributed by atoms with van der Waals surface area (Å²) in [5, 5.41) is 3.73. The minimum atomic E-state index is 0.534. The van der Waals surface area contributed by atoms with Crippen LogP contribution in [0, 0.1) is 5.92 Å². The van der Waals surface area contributed by atoms with Gasteiger partial charge in [0.2, 0.25) is 0 Å². The molecule has 0 aromatic heterocycles. The fourth-order valence-corrected chi connectivity index (χ4v) is 4.01. The lowest BCUT2D eigenvalue weighted by Crippen LogP contribution is -2.57. The van der Waals surface area contributed by atoms with Crippen LogP contribution in [-0.2, 0) is 4.74 Å². The number of morpholine rings is 1. The molecule has 2 saturated heterocycles. The van der Waals surface area contributed by atoms with Crippen molar-refractivity contribution < 1.29 is 4.74 Å². The Hall–Kier alpha value is -0.120. The Labute approximate surface area is 111 Å². The van der Waals surface area contributed by atoms with Crippen LogP contribution in [0.4, 0.5) is 0 Å². The molecule has 1 aliphatic carbocycles. The van der Waals surface area contributed by atoms with Gasteiger partial charge in [0.1, 0.15) is 0 Å². The fourth-order valence-electron chi connectivity index (χ4n) is 4.01. The second-order valence-electron chi connectivity index (χ2n) is 6.44. The van der Waals surface area contributed by atoms with Gasteiger partial charge in [0, 0.05) is 25.2 Å². The Morgan fingerprint density at radius 2 is 2.06 bits per heavy atom. The second-order valence-corrected chi connectivity index (χ2v) is 6.44. The first kappa shape index (κ1) is 12.9. The molecule has 3 nitrogen and oxygen atoms in total. The van der Waals surface area contributed by atoms with Crippen molar-refractivity contribution in [1.82, 2.24) is 10.2 Å². The summed E-state index contributed by atoms with van der Waals surface area (Å²) in [5.74, 6) is 0.837. The highest BCUT2D eigenvalue weighted by Gasteiger charge is 2.35. The van der Waals surface area contributed by atoms with Crippen LogP contribution in [0.2, 0.25) is 0 Å². The molecular formula is C15H28N2O. The summed E-state index contributed by atoms with van der Waals surface area (Å²) in [7, 11) is 0. The maximum Gasteiger partial charge on any atom is 0.0730 e. The zero-order chi connectivity index (χ0) is 12.4. The van der Waals surface area contributed by atoms with Gasteiger partial charge in [0.05, 0.1) is 12.7 Å². The monoisotopic (exact) mass is 252 g/mol. The predicted octanol–water partition coefficient (Wildman–Crippen LogP) is 2.02. The molecule has 4 atom stereocenters. The van der Waals surface area contributed by atoms with E-state index < -0.39 is 0 Å². The van der Waals surface area contributed by atoms with Crippen LogP contribution >= 0.6 is 0 Å². The van der Waals surface area contributed by atoms with E-state index in [1.807, 2.05) is 0 Å². The Morgan fingerprint density at radius 1 is 1.17 bits per heavy atom. The highest BCUT2D eigenvalue weighted by Crippen LogP contribution is 2.29. The normalized spacial score (nSPS) is 42.5. The topological polar surface area (TPSA) is 24.5 Å². The first-order valence-electron chi connectivity index (χ1n) is 7.93. The van der Waals surface area contributed by atoms with Crippen molar-refractivity contribution in [2.45, 2.75) is 63.6 Å². The van der Waals surface area contributed by atoms with E-state index in [-0.39, 0.29) is 0 Å². The van der Waals surface area contributed by atoms with E-state index in [0.717, 1.165) is 19.1 Å². The zero-order valence-corrected chi connectivity index (χ0v) is 11.7. The molecule has 0 amide bonds. The third-order valence-corrected chi connectivity index (χ3v) is 5.21. The molecular weight excluding hydrogens is 224 g/mol. The summed E-state index contributed by atoms with van der Waals surface area (Å²) in [6, 6.07) is 1.42. The molecule has 0 spiro atoms. The first-order valence-corrected chi connectivity index (χ1v) is 7.93. The van der Waals surface area contributed by atoms with E-state index in [4.69, 9.17) is 4.74 Å². The van der Waals surface area contributed by atoms with E-state index in [1.54, 1.807) is 0 Å². The number of rotatable bonds is 2. The quantitative estimate of drug-likeness (QED) is 0.814. The molecule has 0 radical (unpaired) electrons. The molecule has 104 valence electrons. The van der Waals surface area contributed by atoms with Crippen LogP contribution in [0.25, 0.3) is 0 Å². The van der Waals surface area contributed by atoms with Crippen molar-refractivity contribution in [2.24, 2.45) is 5.92 Å². The largest absolute Gasteiger partial charge is 0.375 e. The number of fused-ring (bicyclic) bond motifs is 1. The average Bonchev–Trinajstić information content (AvgIpc) is 2.42. The minimum Gasteiger partial charge on any atom is -0.375 e. The predicted molar refractivity (Wildman–Crippen MR) is 73.8 cm³/mol. The van der Waals surface area contributed by atoms with Gasteiger partial charge in [0.15, 0.2) is 0 Å². The number of hydrogen-bond acceptors (Lipinski definition) is 3. The molecule has 4 unspecified atom stereocenters. The van der Waals surface area contributed by atoms with Gasteiger partial charge in [-0.25, -0.2) is 0 Å². The third kappa shape index (κ3) is 2.73. The molecule has 1 N–H and O–H groups in total. The van der Waals surface area contributed by atoms with Gasteiger partial charge in [-0.3, -0.25) is 4.90 Å². The molecule has 3 heteroatoms. The van der Waals surface area contributed by atoms with Crippen molar-refractivity contribution in [1.29, 1.82) is 0 Å². The van der Waals surface area contributed by atoms with Crippen LogP contribution in [-0.4, -0.2) is 49.3 Å². The highest BCUT2D eigenvalue weighted by molar-refractivity contribution is 4.91. The van der Waals surface area contributed by atoms with Gasteiger partial charge in [-0.05, 0) is 38.1 Å². The van der Waals surface area contributed by atoms with Gasteiger partial charge in [-0.2, -0.15) is 0 Å². The average molecular weight is 252 g/mol. The summed E-state index contributed by atoms with van der Waals surface area (Å²) < 4.78 is 5.97. The molecule has 0 bridgehead atoms. The molecule has 18 heavy (non-hydrogen) atoms. The van der Waals surface area contributed by atoms with Crippen LogP contribution in [0.1, 0.15) is 45.4 Å². The van der Waals surface area contributed by atoms with Crippen molar-refractivity contribution in [3.05, 3.63) is 0 Å². The summed E-state index contributed by atoms with van der Waals surface area (Å²) in [5.41, 5.74) is 0. The maximum atomic E-state index is 5.97. The van der Waals surface area contributed by atoms with Gasteiger partial charge in [-0.15, -0.1) is 0 Å². The molecule has 0 aromatic rings. The van der Waals surface area contributed by atoms with E-state index in [1.165, 1.54) is 51.6 Å². The van der Waals surface area contributed by atoms with Crippen LogP contribution in [0.15, 0.2) is 0 Å². The molecule has 3 aliphatic rings. The molecule has 2 heterocycles. The summed E-state index contributed by atoms with van der Waals surface area (Å²) in [4.78, 5) is 2.73.